The fourth-order valence-corrected chi connectivity index (χ4v) is 5.05. The first-order valence-electron chi connectivity index (χ1n) is 9.28. The second kappa shape index (κ2) is 9.12. The van der Waals surface area contributed by atoms with Crippen LogP contribution in [0, 0.1) is 10.1 Å². The fraction of sp³-hybridized carbons (Fsp3) is 0.350. The number of hydrogen-bond acceptors (Lipinski definition) is 7. The highest BCUT2D eigenvalue weighted by Gasteiger charge is 2.35. The molecule has 1 atom stereocenters. The zero-order chi connectivity index (χ0) is 21.7. The van der Waals surface area contributed by atoms with E-state index in [9.17, 15) is 23.3 Å². The number of nitro benzene ring substituents is 1. The SMILES string of the molecule is COc1ccc(CN(C(=O)COc2ccccc2[N+](=O)[O-])C2CCS(=O)(=O)C2)cc1. The highest BCUT2D eigenvalue weighted by molar-refractivity contribution is 7.91. The van der Waals surface area contributed by atoms with Crippen molar-refractivity contribution in [1.29, 1.82) is 0 Å². The summed E-state index contributed by atoms with van der Waals surface area (Å²) in [5, 5.41) is 11.1. The van der Waals surface area contributed by atoms with Gasteiger partial charge in [-0.15, -0.1) is 0 Å². The van der Waals surface area contributed by atoms with Crippen LogP contribution in [-0.2, 0) is 21.2 Å². The van der Waals surface area contributed by atoms with Gasteiger partial charge < -0.3 is 14.4 Å². The number of hydrogen-bond donors (Lipinski definition) is 0. The van der Waals surface area contributed by atoms with Gasteiger partial charge in [0, 0.05) is 18.7 Å². The van der Waals surface area contributed by atoms with Crippen molar-refractivity contribution in [2.75, 3.05) is 25.2 Å². The van der Waals surface area contributed by atoms with Crippen LogP contribution in [0.25, 0.3) is 0 Å². The van der Waals surface area contributed by atoms with E-state index in [0.29, 0.717) is 12.2 Å². The first-order valence-corrected chi connectivity index (χ1v) is 11.1. The van der Waals surface area contributed by atoms with Crippen LogP contribution in [0.4, 0.5) is 5.69 Å². The third-order valence-corrected chi connectivity index (χ3v) is 6.64. The van der Waals surface area contributed by atoms with Crippen LogP contribution in [-0.4, -0.2) is 55.4 Å². The predicted molar refractivity (Wildman–Crippen MR) is 109 cm³/mol. The summed E-state index contributed by atoms with van der Waals surface area (Å²) < 4.78 is 34.4. The van der Waals surface area contributed by atoms with E-state index in [1.165, 1.54) is 23.1 Å². The van der Waals surface area contributed by atoms with Gasteiger partial charge in [-0.2, -0.15) is 0 Å². The molecule has 30 heavy (non-hydrogen) atoms. The van der Waals surface area contributed by atoms with Crippen LogP contribution in [0.15, 0.2) is 48.5 Å². The molecule has 0 spiro atoms. The van der Waals surface area contributed by atoms with E-state index in [-0.39, 0.29) is 29.5 Å². The van der Waals surface area contributed by atoms with Crippen molar-refractivity contribution >= 4 is 21.4 Å². The number of benzene rings is 2. The summed E-state index contributed by atoms with van der Waals surface area (Å²) >= 11 is 0. The normalized spacial score (nSPS) is 17.3. The highest BCUT2D eigenvalue weighted by Crippen LogP contribution is 2.26. The Kier molecular flexibility index (Phi) is 6.56. The van der Waals surface area contributed by atoms with Crippen LogP contribution in [0.2, 0.25) is 0 Å². The summed E-state index contributed by atoms with van der Waals surface area (Å²) in [6.07, 6.45) is 0.343. The molecule has 9 nitrogen and oxygen atoms in total. The van der Waals surface area contributed by atoms with Gasteiger partial charge in [0.05, 0.1) is 23.5 Å². The minimum absolute atomic E-state index is 0.0145. The molecule has 1 fully saturated rings. The average Bonchev–Trinajstić information content (AvgIpc) is 3.10. The lowest BCUT2D eigenvalue weighted by Crippen LogP contribution is -2.43. The molecule has 0 radical (unpaired) electrons. The van der Waals surface area contributed by atoms with E-state index < -0.39 is 33.3 Å². The molecule has 0 saturated carbocycles. The number of ether oxygens (including phenoxy) is 2. The predicted octanol–water partition coefficient (Wildman–Crippen LogP) is 2.20. The molecule has 3 rings (SSSR count). The molecule has 2 aromatic rings. The largest absolute Gasteiger partial charge is 0.497 e. The molecular weight excluding hydrogens is 412 g/mol. The molecule has 10 heteroatoms. The van der Waals surface area contributed by atoms with E-state index in [1.807, 2.05) is 0 Å². The van der Waals surface area contributed by atoms with Crippen molar-refractivity contribution < 1.29 is 27.6 Å². The maximum atomic E-state index is 12.9. The summed E-state index contributed by atoms with van der Waals surface area (Å²) in [6.45, 7) is -0.235. The molecule has 0 bridgehead atoms. The number of nitrogens with zero attached hydrogens (tertiary/aromatic N) is 2. The minimum atomic E-state index is -3.21. The second-order valence-electron chi connectivity index (χ2n) is 6.94. The van der Waals surface area contributed by atoms with E-state index in [2.05, 4.69) is 0 Å². The van der Waals surface area contributed by atoms with E-state index in [0.717, 1.165) is 5.56 Å². The average molecular weight is 434 g/mol. The maximum Gasteiger partial charge on any atom is 0.310 e. The molecule has 1 unspecified atom stereocenters. The number of nitro groups is 1. The molecule has 160 valence electrons. The van der Waals surface area contributed by atoms with E-state index >= 15 is 0 Å². The number of rotatable bonds is 8. The van der Waals surface area contributed by atoms with Gasteiger partial charge in [0.1, 0.15) is 5.75 Å². The van der Waals surface area contributed by atoms with Crippen molar-refractivity contribution in [3.63, 3.8) is 0 Å². The summed E-state index contributed by atoms with van der Waals surface area (Å²) in [5.41, 5.74) is 0.564. The summed E-state index contributed by atoms with van der Waals surface area (Å²) in [4.78, 5) is 25.0. The van der Waals surface area contributed by atoms with Gasteiger partial charge in [0.2, 0.25) is 0 Å². The van der Waals surface area contributed by atoms with Crippen LogP contribution < -0.4 is 9.47 Å². The Balaban J connectivity index is 1.77. The number of carbonyl (C=O) groups is 1. The van der Waals surface area contributed by atoms with Gasteiger partial charge in [-0.3, -0.25) is 14.9 Å². The van der Waals surface area contributed by atoms with Gasteiger partial charge in [-0.05, 0) is 30.2 Å². The Morgan fingerprint density at radius 3 is 2.50 bits per heavy atom. The highest BCUT2D eigenvalue weighted by atomic mass is 32.2. The molecule has 1 aliphatic rings. The van der Waals surface area contributed by atoms with Crippen molar-refractivity contribution in [2.24, 2.45) is 0 Å². The third-order valence-electron chi connectivity index (χ3n) is 4.89. The topological polar surface area (TPSA) is 116 Å². The first kappa shape index (κ1) is 21.6. The zero-order valence-corrected chi connectivity index (χ0v) is 17.2. The van der Waals surface area contributed by atoms with Crippen molar-refractivity contribution in [1.82, 2.24) is 4.90 Å². The van der Waals surface area contributed by atoms with E-state index in [1.54, 1.807) is 37.4 Å². The Morgan fingerprint density at radius 1 is 1.20 bits per heavy atom. The molecular formula is C20H22N2O7S. The fourth-order valence-electron chi connectivity index (χ4n) is 3.32. The summed E-state index contributed by atoms with van der Waals surface area (Å²) in [5.74, 6) is 0.125. The second-order valence-corrected chi connectivity index (χ2v) is 9.17. The zero-order valence-electron chi connectivity index (χ0n) is 16.4. The molecule has 2 aromatic carbocycles. The van der Waals surface area contributed by atoms with Crippen molar-refractivity contribution in [2.45, 2.75) is 19.0 Å². The van der Waals surface area contributed by atoms with Gasteiger partial charge in [-0.1, -0.05) is 24.3 Å². The van der Waals surface area contributed by atoms with Gasteiger partial charge in [0.15, 0.2) is 22.2 Å². The lowest BCUT2D eigenvalue weighted by molar-refractivity contribution is -0.385. The first-order chi connectivity index (χ1) is 14.3. The Labute approximate surface area is 174 Å². The number of para-hydroxylation sites is 2. The number of sulfone groups is 1. The monoisotopic (exact) mass is 434 g/mol. The Bertz CT molecular complexity index is 1020. The van der Waals surface area contributed by atoms with Crippen LogP contribution >= 0.6 is 0 Å². The van der Waals surface area contributed by atoms with E-state index in [4.69, 9.17) is 9.47 Å². The smallest absolute Gasteiger partial charge is 0.310 e. The number of carbonyl (C=O) groups excluding carboxylic acids is 1. The van der Waals surface area contributed by atoms with Crippen molar-refractivity contribution in [3.8, 4) is 11.5 Å². The molecule has 1 amide bonds. The Morgan fingerprint density at radius 2 is 1.90 bits per heavy atom. The maximum absolute atomic E-state index is 12.9. The van der Waals surface area contributed by atoms with Crippen LogP contribution in [0.1, 0.15) is 12.0 Å². The summed E-state index contributed by atoms with van der Waals surface area (Å²) in [7, 11) is -1.66. The van der Waals surface area contributed by atoms with Crippen LogP contribution in [0.5, 0.6) is 11.5 Å². The third kappa shape index (κ3) is 5.26. The molecule has 1 heterocycles. The molecule has 1 saturated heterocycles. The molecule has 0 N–H and O–H groups in total. The quantitative estimate of drug-likeness (QED) is 0.462. The van der Waals surface area contributed by atoms with Gasteiger partial charge in [0.25, 0.3) is 5.91 Å². The minimum Gasteiger partial charge on any atom is -0.497 e. The molecule has 1 aliphatic heterocycles. The van der Waals surface area contributed by atoms with Crippen LogP contribution in [0.3, 0.4) is 0 Å². The molecule has 0 aromatic heterocycles. The van der Waals surface area contributed by atoms with Crippen molar-refractivity contribution in [3.05, 3.63) is 64.2 Å². The molecule has 0 aliphatic carbocycles. The lowest BCUT2D eigenvalue weighted by atomic mass is 10.1. The number of amides is 1. The lowest BCUT2D eigenvalue weighted by Gasteiger charge is -2.28. The number of methoxy groups -OCH3 is 1. The van der Waals surface area contributed by atoms with Gasteiger partial charge in [-0.25, -0.2) is 8.42 Å². The Hall–Kier alpha value is -3.14. The standard InChI is InChI=1S/C20H22N2O7S/c1-28-17-8-6-15(7-9-17)12-21(16-10-11-30(26,27)14-16)20(23)13-29-19-5-3-2-4-18(19)22(24)25/h2-9,16H,10-14H2,1H3. The summed E-state index contributed by atoms with van der Waals surface area (Å²) in [6, 6.07) is 12.4. The van der Waals surface area contributed by atoms with Gasteiger partial charge >= 0.3 is 5.69 Å².